The molecule has 1 aromatic carbocycles. The zero-order valence-corrected chi connectivity index (χ0v) is 5.66. The number of benzene rings is 1. The Morgan fingerprint density at radius 3 is 2.50 bits per heavy atom. The highest BCUT2D eigenvalue weighted by molar-refractivity contribution is 7.93. The maximum atomic E-state index is 12.4. The van der Waals surface area contributed by atoms with Gasteiger partial charge in [-0.2, -0.15) is 0 Å². The van der Waals surface area contributed by atoms with Gasteiger partial charge in [0.1, 0.15) is 0 Å². The van der Waals surface area contributed by atoms with Gasteiger partial charge < -0.3 is 4.55 Å². The van der Waals surface area contributed by atoms with E-state index in [1.807, 2.05) is 0 Å². The smallest absolute Gasteiger partial charge is 0.174 e. The van der Waals surface area contributed by atoms with Crippen LogP contribution in [0.4, 0.5) is 8.78 Å². The lowest BCUT2D eigenvalue weighted by molar-refractivity contribution is 0.488. The van der Waals surface area contributed by atoms with Gasteiger partial charge in [0, 0.05) is 12.0 Å². The van der Waals surface area contributed by atoms with Crippen molar-refractivity contribution in [1.29, 1.82) is 0 Å². The van der Waals surface area contributed by atoms with Crippen LogP contribution in [-0.4, -0.2) is 4.55 Å². The first-order valence-electron chi connectivity index (χ1n) is 2.51. The summed E-state index contributed by atoms with van der Waals surface area (Å²) >= 11 is 0.195. The van der Waals surface area contributed by atoms with Crippen LogP contribution in [0.3, 0.4) is 0 Å². The fourth-order valence-electron chi connectivity index (χ4n) is 0.555. The molecule has 0 aromatic heterocycles. The van der Waals surface area contributed by atoms with Gasteiger partial charge in [-0.3, -0.25) is 0 Å². The molecule has 0 heterocycles. The highest BCUT2D eigenvalue weighted by Gasteiger charge is 2.05. The van der Waals surface area contributed by atoms with Crippen molar-refractivity contribution in [3.05, 3.63) is 29.8 Å². The minimum atomic E-state index is -1.00. The van der Waals surface area contributed by atoms with Crippen molar-refractivity contribution in [3.8, 4) is 0 Å². The summed E-state index contributed by atoms with van der Waals surface area (Å²) < 4.78 is 33.1. The highest BCUT2D eigenvalue weighted by atomic mass is 32.2. The summed E-state index contributed by atoms with van der Waals surface area (Å²) in [5.41, 5.74) is 0. The van der Waals surface area contributed by atoms with Crippen LogP contribution in [0.5, 0.6) is 0 Å². The molecular weight excluding hydrogens is 158 g/mol. The van der Waals surface area contributed by atoms with E-state index < -0.39 is 11.6 Å². The zero-order valence-electron chi connectivity index (χ0n) is 4.84. The van der Waals surface area contributed by atoms with Crippen molar-refractivity contribution in [2.24, 2.45) is 0 Å². The van der Waals surface area contributed by atoms with Gasteiger partial charge in [0.05, 0.1) is 4.90 Å². The van der Waals surface area contributed by atoms with Crippen LogP contribution in [0.1, 0.15) is 0 Å². The van der Waals surface area contributed by atoms with Gasteiger partial charge in [0.25, 0.3) is 0 Å². The lowest BCUT2D eigenvalue weighted by atomic mass is 10.3. The third-order valence-corrected chi connectivity index (χ3v) is 1.53. The number of hydrogen-bond acceptors (Lipinski definition) is 2. The Bertz CT molecular complexity index is 239. The maximum Gasteiger partial charge on any atom is 0.174 e. The Kier molecular flexibility index (Phi) is 2.24. The van der Waals surface area contributed by atoms with Gasteiger partial charge in [-0.1, -0.05) is 6.07 Å². The molecular formula is C6H4F2OS. The van der Waals surface area contributed by atoms with Crippen molar-refractivity contribution in [2.45, 2.75) is 4.90 Å². The molecule has 0 saturated heterocycles. The molecule has 0 atom stereocenters. The normalized spacial score (nSPS) is 9.90. The molecule has 0 aliphatic carbocycles. The van der Waals surface area contributed by atoms with Crippen LogP contribution < -0.4 is 0 Å². The summed E-state index contributed by atoms with van der Waals surface area (Å²) in [6, 6.07) is 3.62. The molecule has 10 heavy (non-hydrogen) atoms. The van der Waals surface area contributed by atoms with Gasteiger partial charge in [-0.25, -0.2) is 8.78 Å². The molecule has 0 spiro atoms. The first kappa shape index (κ1) is 7.50. The Balaban J connectivity index is 3.14. The Morgan fingerprint density at radius 1 is 1.30 bits per heavy atom. The van der Waals surface area contributed by atoms with Gasteiger partial charge >= 0.3 is 0 Å². The second-order valence-corrected chi connectivity index (χ2v) is 2.27. The molecule has 0 bridgehead atoms. The van der Waals surface area contributed by atoms with Crippen molar-refractivity contribution in [2.75, 3.05) is 0 Å². The molecule has 54 valence electrons. The molecule has 0 aliphatic rings. The molecule has 0 unspecified atom stereocenters. The quantitative estimate of drug-likeness (QED) is 0.640. The standard InChI is InChI=1S/C6H4F2OS/c7-4-2-1-3-5(10-9)6(4)8/h1-3,9H. The number of halogens is 2. The van der Waals surface area contributed by atoms with E-state index in [1.165, 1.54) is 12.1 Å². The van der Waals surface area contributed by atoms with E-state index in [9.17, 15) is 8.78 Å². The van der Waals surface area contributed by atoms with E-state index in [1.54, 1.807) is 0 Å². The lowest BCUT2D eigenvalue weighted by Gasteiger charge is -1.95. The molecule has 1 rings (SSSR count). The van der Waals surface area contributed by atoms with Crippen molar-refractivity contribution in [3.63, 3.8) is 0 Å². The third-order valence-electron chi connectivity index (χ3n) is 1.01. The Labute approximate surface area is 60.9 Å². The maximum absolute atomic E-state index is 12.4. The summed E-state index contributed by atoms with van der Waals surface area (Å²) in [6.45, 7) is 0. The van der Waals surface area contributed by atoms with Crippen molar-refractivity contribution in [1.82, 2.24) is 0 Å². The summed E-state index contributed by atoms with van der Waals surface area (Å²) in [6.07, 6.45) is 0. The lowest BCUT2D eigenvalue weighted by Crippen LogP contribution is -1.84. The van der Waals surface area contributed by atoms with Gasteiger partial charge in [0.2, 0.25) is 0 Å². The largest absolute Gasteiger partial charge is 0.325 e. The SMILES string of the molecule is OSc1cccc(F)c1F. The Morgan fingerprint density at radius 2 is 2.00 bits per heavy atom. The minimum Gasteiger partial charge on any atom is -0.325 e. The molecule has 0 radical (unpaired) electrons. The average Bonchev–Trinajstić information content (AvgIpc) is 1.95. The summed E-state index contributed by atoms with van der Waals surface area (Å²) in [5.74, 6) is -1.95. The molecule has 4 heteroatoms. The monoisotopic (exact) mass is 162 g/mol. The Hall–Kier alpha value is -0.610. The predicted octanol–water partition coefficient (Wildman–Crippen LogP) is 2.53. The summed E-state index contributed by atoms with van der Waals surface area (Å²) in [7, 11) is 0. The van der Waals surface area contributed by atoms with Crippen LogP contribution in [0, 0.1) is 11.6 Å². The van der Waals surface area contributed by atoms with Crippen molar-refractivity contribution >= 4 is 12.0 Å². The van der Waals surface area contributed by atoms with E-state index in [0.29, 0.717) is 0 Å². The first-order chi connectivity index (χ1) is 4.75. The summed E-state index contributed by atoms with van der Waals surface area (Å²) in [5, 5.41) is 0. The van der Waals surface area contributed by atoms with Gasteiger partial charge in [-0.15, -0.1) is 0 Å². The van der Waals surface area contributed by atoms with Crippen LogP contribution in [0.15, 0.2) is 23.1 Å². The fourth-order valence-corrected chi connectivity index (χ4v) is 0.872. The first-order valence-corrected chi connectivity index (χ1v) is 3.28. The topological polar surface area (TPSA) is 20.2 Å². The zero-order chi connectivity index (χ0) is 7.56. The van der Waals surface area contributed by atoms with E-state index in [0.717, 1.165) is 6.07 Å². The van der Waals surface area contributed by atoms with Gasteiger partial charge in [-0.05, 0) is 12.1 Å². The molecule has 0 amide bonds. The van der Waals surface area contributed by atoms with E-state index in [4.69, 9.17) is 4.55 Å². The molecule has 1 N–H and O–H groups in total. The van der Waals surface area contributed by atoms with E-state index in [-0.39, 0.29) is 16.9 Å². The average molecular weight is 162 g/mol. The predicted molar refractivity (Wildman–Crippen MR) is 34.8 cm³/mol. The van der Waals surface area contributed by atoms with Crippen LogP contribution in [0.2, 0.25) is 0 Å². The summed E-state index contributed by atoms with van der Waals surface area (Å²) in [4.78, 5) is -0.0972. The number of rotatable bonds is 1. The molecule has 0 fully saturated rings. The molecule has 1 aromatic rings. The van der Waals surface area contributed by atoms with Crippen LogP contribution in [-0.2, 0) is 0 Å². The van der Waals surface area contributed by atoms with Crippen LogP contribution in [0.25, 0.3) is 0 Å². The number of hydrogen-bond donors (Lipinski definition) is 1. The second-order valence-electron chi connectivity index (χ2n) is 1.64. The molecule has 0 saturated carbocycles. The molecule has 0 aliphatic heterocycles. The highest BCUT2D eigenvalue weighted by Crippen LogP contribution is 2.19. The second kappa shape index (κ2) is 2.98. The van der Waals surface area contributed by atoms with E-state index >= 15 is 0 Å². The van der Waals surface area contributed by atoms with E-state index in [2.05, 4.69) is 0 Å². The molecule has 1 nitrogen and oxygen atoms in total. The minimum absolute atomic E-state index is 0.0972. The third kappa shape index (κ3) is 1.27. The fraction of sp³-hybridized carbons (Fsp3) is 0. The van der Waals surface area contributed by atoms with Crippen molar-refractivity contribution < 1.29 is 13.3 Å². The van der Waals surface area contributed by atoms with Gasteiger partial charge in [0.15, 0.2) is 11.6 Å². The van der Waals surface area contributed by atoms with Crippen LogP contribution >= 0.6 is 12.0 Å².